The van der Waals surface area contributed by atoms with E-state index >= 15 is 0 Å². The summed E-state index contributed by atoms with van der Waals surface area (Å²) in [5, 5.41) is 0. The second-order valence-electron chi connectivity index (χ2n) is 5.28. The Bertz CT molecular complexity index is 751. The summed E-state index contributed by atoms with van der Waals surface area (Å²) in [6, 6.07) is 12.0. The van der Waals surface area contributed by atoms with Crippen LogP contribution in [0.2, 0.25) is 0 Å². The zero-order valence-electron chi connectivity index (χ0n) is 12.7. The topological polar surface area (TPSA) is 48.2 Å². The van der Waals surface area contributed by atoms with Crippen LogP contribution in [0.15, 0.2) is 53.3 Å². The molecule has 0 aliphatic heterocycles. The number of hydrogen-bond donors (Lipinski definition) is 0. The van der Waals surface area contributed by atoms with Crippen LogP contribution in [0.3, 0.4) is 0 Å². The number of oxazole rings is 1. The number of ether oxygens (including phenoxy) is 1. The van der Waals surface area contributed by atoms with Crippen LogP contribution in [0, 0.1) is 13.8 Å². The molecule has 1 aromatic carbocycles. The van der Waals surface area contributed by atoms with E-state index < -0.39 is 0 Å². The normalized spacial score (nSPS) is 10.8. The van der Waals surface area contributed by atoms with Gasteiger partial charge in [0.2, 0.25) is 5.89 Å². The summed E-state index contributed by atoms with van der Waals surface area (Å²) in [6.45, 7) is 5.00. The molecular weight excluding hydrogens is 276 g/mol. The fourth-order valence-electron chi connectivity index (χ4n) is 2.29. The highest BCUT2D eigenvalue weighted by Crippen LogP contribution is 2.23. The van der Waals surface area contributed by atoms with Gasteiger partial charge in [-0.1, -0.05) is 23.8 Å². The number of hydrogen-bond acceptors (Lipinski definition) is 4. The molecule has 0 saturated carbocycles. The van der Waals surface area contributed by atoms with Crippen LogP contribution < -0.4 is 0 Å². The molecule has 0 bridgehead atoms. The third kappa shape index (κ3) is 3.40. The molecule has 0 spiro atoms. The van der Waals surface area contributed by atoms with Gasteiger partial charge < -0.3 is 9.15 Å². The van der Waals surface area contributed by atoms with Crippen molar-refractivity contribution in [2.24, 2.45) is 0 Å². The van der Waals surface area contributed by atoms with Gasteiger partial charge in [0.25, 0.3) is 0 Å². The predicted octanol–water partition coefficient (Wildman–Crippen LogP) is 4.07. The Hall–Kier alpha value is -2.46. The number of benzene rings is 1. The Morgan fingerprint density at radius 2 is 1.91 bits per heavy atom. The lowest BCUT2D eigenvalue weighted by Crippen LogP contribution is -1.96. The average molecular weight is 294 g/mol. The molecule has 0 aliphatic rings. The lowest BCUT2D eigenvalue weighted by molar-refractivity contribution is 0.102. The van der Waals surface area contributed by atoms with Crippen LogP contribution in [0.25, 0.3) is 11.5 Å². The van der Waals surface area contributed by atoms with Crippen LogP contribution in [0.5, 0.6) is 0 Å². The van der Waals surface area contributed by atoms with Gasteiger partial charge in [-0.15, -0.1) is 0 Å². The van der Waals surface area contributed by atoms with Crippen LogP contribution in [-0.2, 0) is 18.0 Å². The third-order valence-electron chi connectivity index (χ3n) is 3.39. The van der Waals surface area contributed by atoms with E-state index in [9.17, 15) is 0 Å². The number of aromatic nitrogens is 2. The smallest absolute Gasteiger partial charge is 0.226 e. The maximum atomic E-state index is 5.62. The number of rotatable bonds is 5. The van der Waals surface area contributed by atoms with Crippen LogP contribution in [0.1, 0.15) is 22.5 Å². The molecule has 4 nitrogen and oxygen atoms in total. The minimum Gasteiger partial charge on any atom is -0.444 e. The van der Waals surface area contributed by atoms with E-state index in [1.807, 2.05) is 24.3 Å². The van der Waals surface area contributed by atoms with Crippen molar-refractivity contribution in [1.82, 2.24) is 9.97 Å². The van der Waals surface area contributed by atoms with Gasteiger partial charge in [-0.05, 0) is 37.6 Å². The molecule has 0 aliphatic carbocycles. The molecule has 0 saturated heterocycles. The van der Waals surface area contributed by atoms with E-state index in [4.69, 9.17) is 9.15 Å². The summed E-state index contributed by atoms with van der Waals surface area (Å²) < 4.78 is 11.2. The van der Waals surface area contributed by atoms with Gasteiger partial charge in [-0.2, -0.15) is 0 Å². The summed E-state index contributed by atoms with van der Waals surface area (Å²) in [5.41, 5.74) is 5.09. The molecular formula is C18H18N2O2. The van der Waals surface area contributed by atoms with Crippen molar-refractivity contribution in [1.29, 1.82) is 0 Å². The Morgan fingerprint density at radius 3 is 2.68 bits per heavy atom. The summed E-state index contributed by atoms with van der Waals surface area (Å²) in [4.78, 5) is 8.70. The first-order valence-corrected chi connectivity index (χ1v) is 7.22. The molecule has 4 heteroatoms. The monoisotopic (exact) mass is 294 g/mol. The zero-order chi connectivity index (χ0) is 15.4. The van der Waals surface area contributed by atoms with Crippen LogP contribution in [-0.4, -0.2) is 9.97 Å². The number of nitrogens with zero attached hydrogens (tertiary/aromatic N) is 2. The molecule has 3 aromatic rings. The van der Waals surface area contributed by atoms with Gasteiger partial charge in [0.05, 0.1) is 18.9 Å². The highest BCUT2D eigenvalue weighted by molar-refractivity contribution is 5.59. The zero-order valence-corrected chi connectivity index (χ0v) is 12.7. The van der Waals surface area contributed by atoms with Crippen molar-refractivity contribution in [2.45, 2.75) is 27.1 Å². The fourth-order valence-corrected chi connectivity index (χ4v) is 2.29. The van der Waals surface area contributed by atoms with Gasteiger partial charge >= 0.3 is 0 Å². The van der Waals surface area contributed by atoms with E-state index in [0.29, 0.717) is 19.1 Å². The second-order valence-corrected chi connectivity index (χ2v) is 5.28. The Labute approximate surface area is 129 Å². The minimum atomic E-state index is 0.408. The molecule has 0 radical (unpaired) electrons. The SMILES string of the molecule is Cc1ccc(-c2nc(COCc3ccccn3)co2)c(C)c1. The van der Waals surface area contributed by atoms with Gasteiger partial charge in [0.1, 0.15) is 12.0 Å². The van der Waals surface area contributed by atoms with Crippen molar-refractivity contribution < 1.29 is 9.15 Å². The lowest BCUT2D eigenvalue weighted by atomic mass is 10.1. The van der Waals surface area contributed by atoms with Crippen molar-refractivity contribution >= 4 is 0 Å². The fraction of sp³-hybridized carbons (Fsp3) is 0.222. The number of pyridine rings is 1. The van der Waals surface area contributed by atoms with Crippen molar-refractivity contribution in [2.75, 3.05) is 0 Å². The van der Waals surface area contributed by atoms with Gasteiger partial charge in [-0.3, -0.25) is 4.98 Å². The first-order valence-electron chi connectivity index (χ1n) is 7.22. The quantitative estimate of drug-likeness (QED) is 0.711. The predicted molar refractivity (Wildman–Crippen MR) is 84.1 cm³/mol. The third-order valence-corrected chi connectivity index (χ3v) is 3.39. The maximum absolute atomic E-state index is 5.62. The van der Waals surface area contributed by atoms with Crippen molar-refractivity contribution in [3.8, 4) is 11.5 Å². The van der Waals surface area contributed by atoms with E-state index in [1.54, 1.807) is 12.5 Å². The number of aryl methyl sites for hydroxylation is 2. The van der Waals surface area contributed by atoms with Gasteiger partial charge in [0, 0.05) is 11.8 Å². The summed E-state index contributed by atoms with van der Waals surface area (Å²) in [7, 11) is 0. The second kappa shape index (κ2) is 6.54. The van der Waals surface area contributed by atoms with E-state index in [-0.39, 0.29) is 0 Å². The minimum absolute atomic E-state index is 0.408. The van der Waals surface area contributed by atoms with Crippen LogP contribution >= 0.6 is 0 Å². The first kappa shape index (κ1) is 14.5. The lowest BCUT2D eigenvalue weighted by Gasteiger charge is -2.02. The maximum Gasteiger partial charge on any atom is 0.226 e. The standard InChI is InChI=1S/C18H18N2O2/c1-13-6-7-17(14(2)9-13)18-20-16(12-22-18)11-21-10-15-5-3-4-8-19-15/h3-9,12H,10-11H2,1-2H3. The highest BCUT2D eigenvalue weighted by atomic mass is 16.5. The molecule has 0 N–H and O–H groups in total. The molecule has 3 rings (SSSR count). The molecule has 112 valence electrons. The summed E-state index contributed by atoms with van der Waals surface area (Å²) >= 11 is 0. The summed E-state index contributed by atoms with van der Waals surface area (Å²) in [5.74, 6) is 0.633. The van der Waals surface area contributed by atoms with Crippen molar-refractivity contribution in [3.05, 3.63) is 71.4 Å². The van der Waals surface area contributed by atoms with E-state index in [0.717, 1.165) is 22.5 Å². The molecule has 0 unspecified atom stereocenters. The van der Waals surface area contributed by atoms with E-state index in [1.165, 1.54) is 5.56 Å². The average Bonchev–Trinajstić information content (AvgIpc) is 2.97. The van der Waals surface area contributed by atoms with Gasteiger partial charge in [-0.25, -0.2) is 4.98 Å². The Morgan fingerprint density at radius 1 is 1.05 bits per heavy atom. The van der Waals surface area contributed by atoms with E-state index in [2.05, 4.69) is 35.9 Å². The molecule has 0 atom stereocenters. The van der Waals surface area contributed by atoms with Crippen molar-refractivity contribution in [3.63, 3.8) is 0 Å². The Kier molecular flexibility index (Phi) is 4.30. The Balaban J connectivity index is 1.64. The molecule has 0 fully saturated rings. The molecule has 2 aromatic heterocycles. The first-order chi connectivity index (χ1) is 10.7. The summed E-state index contributed by atoms with van der Waals surface area (Å²) in [6.07, 6.45) is 3.40. The largest absolute Gasteiger partial charge is 0.444 e. The molecule has 0 amide bonds. The molecule has 2 heterocycles. The highest BCUT2D eigenvalue weighted by Gasteiger charge is 2.09. The van der Waals surface area contributed by atoms with Gasteiger partial charge in [0.15, 0.2) is 0 Å². The molecule has 22 heavy (non-hydrogen) atoms. The van der Waals surface area contributed by atoms with Crippen LogP contribution in [0.4, 0.5) is 0 Å².